The number of nitrogens with zero attached hydrogens (tertiary/aromatic N) is 2. The number of rotatable bonds is 4. The minimum atomic E-state index is -0.780. The van der Waals surface area contributed by atoms with Gasteiger partial charge in [-0.2, -0.15) is 0 Å². The molecule has 5 nitrogen and oxygen atoms in total. The highest BCUT2D eigenvalue weighted by Gasteiger charge is 2.35. The van der Waals surface area contributed by atoms with Crippen LogP contribution in [0.2, 0.25) is 0 Å². The number of hydrogen-bond donors (Lipinski definition) is 1. The molecule has 2 fully saturated rings. The molecule has 130 valence electrons. The number of benzene rings is 1. The average molecular weight is 330 g/mol. The van der Waals surface area contributed by atoms with E-state index in [9.17, 15) is 14.7 Å². The monoisotopic (exact) mass is 330 g/mol. The van der Waals surface area contributed by atoms with Gasteiger partial charge in [0.2, 0.25) is 5.91 Å². The van der Waals surface area contributed by atoms with Crippen LogP contribution in [0.25, 0.3) is 0 Å². The Morgan fingerprint density at radius 2 is 1.83 bits per heavy atom. The van der Waals surface area contributed by atoms with Crippen molar-refractivity contribution >= 4 is 11.9 Å². The Bertz CT molecular complexity index is 575. The van der Waals surface area contributed by atoms with Crippen molar-refractivity contribution in [3.8, 4) is 0 Å². The largest absolute Gasteiger partial charge is 0.481 e. The zero-order chi connectivity index (χ0) is 16.9. The summed E-state index contributed by atoms with van der Waals surface area (Å²) in [5, 5.41) is 9.25. The first-order valence-corrected chi connectivity index (χ1v) is 8.94. The zero-order valence-electron chi connectivity index (χ0n) is 14.1. The average Bonchev–Trinajstić information content (AvgIpc) is 2.62. The van der Waals surface area contributed by atoms with E-state index in [1.54, 1.807) is 4.90 Å². The SMILES string of the molecule is O=C(O)C1CCCN(C(=O)C2CCCCN2Cc2ccccc2)C1. The van der Waals surface area contributed by atoms with Crippen molar-refractivity contribution in [3.63, 3.8) is 0 Å². The molecule has 0 spiro atoms. The van der Waals surface area contributed by atoms with E-state index in [1.807, 2.05) is 18.2 Å². The van der Waals surface area contributed by atoms with E-state index in [1.165, 1.54) is 5.56 Å². The molecule has 0 radical (unpaired) electrons. The van der Waals surface area contributed by atoms with Crippen molar-refractivity contribution in [2.75, 3.05) is 19.6 Å². The summed E-state index contributed by atoms with van der Waals surface area (Å²) < 4.78 is 0. The van der Waals surface area contributed by atoms with Crippen LogP contribution in [0, 0.1) is 5.92 Å². The number of amides is 1. The predicted molar refractivity (Wildman–Crippen MR) is 91.4 cm³/mol. The lowest BCUT2D eigenvalue weighted by Gasteiger charge is -2.39. The Morgan fingerprint density at radius 1 is 1.04 bits per heavy atom. The standard InChI is InChI=1S/C19H26N2O3/c22-18(21-12-6-9-16(14-21)19(23)24)17-10-4-5-11-20(17)13-15-7-2-1-3-8-15/h1-3,7-8,16-17H,4-6,9-14H2,(H,23,24). The van der Waals surface area contributed by atoms with Crippen molar-refractivity contribution in [2.24, 2.45) is 5.92 Å². The van der Waals surface area contributed by atoms with Gasteiger partial charge in [0, 0.05) is 19.6 Å². The van der Waals surface area contributed by atoms with Crippen molar-refractivity contribution in [1.82, 2.24) is 9.80 Å². The second-order valence-corrected chi connectivity index (χ2v) is 6.93. The molecule has 3 rings (SSSR count). The molecule has 2 heterocycles. The maximum atomic E-state index is 13.0. The Hall–Kier alpha value is -1.88. The summed E-state index contributed by atoms with van der Waals surface area (Å²) in [6.07, 6.45) is 4.53. The highest BCUT2D eigenvalue weighted by Crippen LogP contribution is 2.24. The lowest BCUT2D eigenvalue weighted by Crippen LogP contribution is -2.53. The maximum absolute atomic E-state index is 13.0. The fourth-order valence-corrected chi connectivity index (χ4v) is 3.87. The molecule has 2 atom stereocenters. The molecule has 2 aliphatic rings. The zero-order valence-corrected chi connectivity index (χ0v) is 14.1. The van der Waals surface area contributed by atoms with Gasteiger partial charge < -0.3 is 10.0 Å². The third kappa shape index (κ3) is 3.96. The van der Waals surface area contributed by atoms with Gasteiger partial charge >= 0.3 is 5.97 Å². The quantitative estimate of drug-likeness (QED) is 0.921. The molecule has 24 heavy (non-hydrogen) atoms. The number of carboxylic acids is 1. The molecule has 2 saturated heterocycles. The van der Waals surface area contributed by atoms with E-state index >= 15 is 0 Å². The molecule has 0 bridgehead atoms. The number of carbonyl (C=O) groups is 2. The van der Waals surface area contributed by atoms with Gasteiger partial charge in [0.15, 0.2) is 0 Å². The van der Waals surface area contributed by atoms with Crippen LogP contribution < -0.4 is 0 Å². The Morgan fingerprint density at radius 3 is 2.58 bits per heavy atom. The van der Waals surface area contributed by atoms with Crippen LogP contribution in [0.1, 0.15) is 37.7 Å². The van der Waals surface area contributed by atoms with Crippen LogP contribution in [0.5, 0.6) is 0 Å². The second kappa shape index (κ2) is 7.79. The summed E-state index contributed by atoms with van der Waals surface area (Å²) in [5.74, 6) is -1.07. The van der Waals surface area contributed by atoms with Gasteiger partial charge in [-0.05, 0) is 37.8 Å². The number of piperidine rings is 2. The van der Waals surface area contributed by atoms with E-state index in [4.69, 9.17) is 0 Å². The van der Waals surface area contributed by atoms with E-state index in [-0.39, 0.29) is 11.9 Å². The summed E-state index contributed by atoms with van der Waals surface area (Å²) in [7, 11) is 0. The first-order valence-electron chi connectivity index (χ1n) is 8.94. The molecular formula is C19H26N2O3. The normalized spacial score (nSPS) is 25.4. The molecule has 0 aromatic heterocycles. The summed E-state index contributed by atoms with van der Waals surface area (Å²) in [4.78, 5) is 28.3. The van der Waals surface area contributed by atoms with Crippen molar-refractivity contribution in [3.05, 3.63) is 35.9 Å². The van der Waals surface area contributed by atoms with E-state index in [0.717, 1.165) is 38.8 Å². The summed E-state index contributed by atoms with van der Waals surface area (Å²) in [6, 6.07) is 10.1. The molecule has 1 amide bonds. The van der Waals surface area contributed by atoms with E-state index in [2.05, 4.69) is 17.0 Å². The highest BCUT2D eigenvalue weighted by molar-refractivity contribution is 5.83. The molecule has 5 heteroatoms. The summed E-state index contributed by atoms with van der Waals surface area (Å²) in [5.41, 5.74) is 1.22. The van der Waals surface area contributed by atoms with E-state index < -0.39 is 11.9 Å². The fraction of sp³-hybridized carbons (Fsp3) is 0.579. The number of likely N-dealkylation sites (tertiary alicyclic amines) is 2. The number of hydrogen-bond acceptors (Lipinski definition) is 3. The molecule has 0 saturated carbocycles. The minimum Gasteiger partial charge on any atom is -0.481 e. The first kappa shape index (κ1) is 17.0. The van der Waals surface area contributed by atoms with Gasteiger partial charge in [-0.1, -0.05) is 36.8 Å². The van der Waals surface area contributed by atoms with Gasteiger partial charge in [-0.15, -0.1) is 0 Å². The smallest absolute Gasteiger partial charge is 0.308 e. The maximum Gasteiger partial charge on any atom is 0.308 e. The Balaban J connectivity index is 1.68. The van der Waals surface area contributed by atoms with Gasteiger partial charge in [-0.3, -0.25) is 14.5 Å². The van der Waals surface area contributed by atoms with E-state index in [0.29, 0.717) is 19.5 Å². The molecule has 1 aromatic carbocycles. The van der Waals surface area contributed by atoms with Gasteiger partial charge in [0.1, 0.15) is 0 Å². The predicted octanol–water partition coefficient (Wildman–Crippen LogP) is 2.36. The number of carbonyl (C=O) groups excluding carboxylic acids is 1. The second-order valence-electron chi connectivity index (χ2n) is 6.93. The summed E-state index contributed by atoms with van der Waals surface area (Å²) in [6.45, 7) is 2.77. The van der Waals surface area contributed by atoms with Gasteiger partial charge in [0.25, 0.3) is 0 Å². The fourth-order valence-electron chi connectivity index (χ4n) is 3.87. The Kier molecular flexibility index (Phi) is 5.51. The minimum absolute atomic E-state index is 0.105. The summed E-state index contributed by atoms with van der Waals surface area (Å²) >= 11 is 0. The highest BCUT2D eigenvalue weighted by atomic mass is 16.4. The topological polar surface area (TPSA) is 60.9 Å². The Labute approximate surface area is 143 Å². The molecule has 2 aliphatic heterocycles. The number of aliphatic carboxylic acids is 1. The lowest BCUT2D eigenvalue weighted by atomic mass is 9.95. The third-order valence-electron chi connectivity index (χ3n) is 5.21. The molecule has 1 aromatic rings. The lowest BCUT2D eigenvalue weighted by molar-refractivity contribution is -0.147. The number of carboxylic acid groups (broad SMARTS) is 1. The van der Waals surface area contributed by atoms with Crippen molar-refractivity contribution in [1.29, 1.82) is 0 Å². The van der Waals surface area contributed by atoms with Crippen LogP contribution in [0.3, 0.4) is 0 Å². The van der Waals surface area contributed by atoms with Crippen LogP contribution in [-0.2, 0) is 16.1 Å². The molecule has 0 aliphatic carbocycles. The van der Waals surface area contributed by atoms with Gasteiger partial charge in [-0.25, -0.2) is 0 Å². The van der Waals surface area contributed by atoms with Crippen LogP contribution in [-0.4, -0.2) is 52.5 Å². The third-order valence-corrected chi connectivity index (χ3v) is 5.21. The van der Waals surface area contributed by atoms with Crippen LogP contribution >= 0.6 is 0 Å². The van der Waals surface area contributed by atoms with Crippen molar-refractivity contribution < 1.29 is 14.7 Å². The van der Waals surface area contributed by atoms with Crippen LogP contribution in [0.4, 0.5) is 0 Å². The molecule has 1 N–H and O–H groups in total. The first-order chi connectivity index (χ1) is 11.6. The molecular weight excluding hydrogens is 304 g/mol. The van der Waals surface area contributed by atoms with Gasteiger partial charge in [0.05, 0.1) is 12.0 Å². The van der Waals surface area contributed by atoms with Crippen LogP contribution in [0.15, 0.2) is 30.3 Å². The molecule has 2 unspecified atom stereocenters. The van der Waals surface area contributed by atoms with Crippen molar-refractivity contribution in [2.45, 2.75) is 44.7 Å².